The predicted octanol–water partition coefficient (Wildman–Crippen LogP) is 4.41. The van der Waals surface area contributed by atoms with Crippen molar-refractivity contribution in [2.24, 2.45) is 0 Å². The number of carbonyl (C=O) groups is 1. The minimum atomic E-state index is -3.59. The van der Waals surface area contributed by atoms with Gasteiger partial charge in [0.1, 0.15) is 0 Å². The third-order valence-electron chi connectivity index (χ3n) is 6.37. The van der Waals surface area contributed by atoms with Crippen LogP contribution in [-0.4, -0.2) is 50.9 Å². The van der Waals surface area contributed by atoms with Gasteiger partial charge in [0.25, 0.3) is 5.91 Å². The van der Waals surface area contributed by atoms with Crippen LogP contribution in [0.1, 0.15) is 63.4 Å². The molecule has 0 bridgehead atoms. The van der Waals surface area contributed by atoms with Crippen LogP contribution in [0.15, 0.2) is 53.4 Å². The highest BCUT2D eigenvalue weighted by molar-refractivity contribution is 7.89. The summed E-state index contributed by atoms with van der Waals surface area (Å²) in [4.78, 5) is 15.4. The number of nitrogens with zero attached hydrogens (tertiary/aromatic N) is 2. The lowest BCUT2D eigenvalue weighted by atomic mass is 9.87. The van der Waals surface area contributed by atoms with Crippen LogP contribution in [0.4, 0.5) is 5.69 Å². The Morgan fingerprint density at radius 3 is 2.18 bits per heavy atom. The van der Waals surface area contributed by atoms with Crippen molar-refractivity contribution in [3.63, 3.8) is 0 Å². The molecule has 0 atom stereocenters. The topological polar surface area (TPSA) is 69.7 Å². The molecular formula is C26H37N3O3S. The molecule has 0 saturated carbocycles. The van der Waals surface area contributed by atoms with E-state index in [4.69, 9.17) is 0 Å². The SMILES string of the molecule is CCN(CC)S(=O)(=O)c1cccc(C(=O)NC2CCN(c3ccc(C(C)(C)C)cc3)CC2)c1. The van der Waals surface area contributed by atoms with Crippen molar-refractivity contribution < 1.29 is 13.2 Å². The van der Waals surface area contributed by atoms with Crippen LogP contribution in [0.2, 0.25) is 0 Å². The molecule has 0 spiro atoms. The highest BCUT2D eigenvalue weighted by atomic mass is 32.2. The van der Waals surface area contributed by atoms with Gasteiger partial charge in [-0.3, -0.25) is 4.79 Å². The van der Waals surface area contributed by atoms with E-state index in [1.165, 1.54) is 21.6 Å². The fourth-order valence-electron chi connectivity index (χ4n) is 4.23. The highest BCUT2D eigenvalue weighted by Gasteiger charge is 2.25. The summed E-state index contributed by atoms with van der Waals surface area (Å²) in [5.41, 5.74) is 3.04. The van der Waals surface area contributed by atoms with Gasteiger partial charge in [-0.2, -0.15) is 4.31 Å². The Kier molecular flexibility index (Phi) is 7.85. The van der Waals surface area contributed by atoms with Crippen molar-refractivity contribution in [2.45, 2.75) is 63.8 Å². The van der Waals surface area contributed by atoms with E-state index in [9.17, 15) is 13.2 Å². The van der Waals surface area contributed by atoms with Crippen LogP contribution in [-0.2, 0) is 15.4 Å². The minimum absolute atomic E-state index is 0.0747. The molecule has 33 heavy (non-hydrogen) atoms. The first-order valence-corrected chi connectivity index (χ1v) is 13.3. The normalized spacial score (nSPS) is 15.6. The van der Waals surface area contributed by atoms with Gasteiger partial charge in [0.05, 0.1) is 4.90 Å². The number of hydrogen-bond donors (Lipinski definition) is 1. The molecule has 0 unspecified atom stereocenters. The van der Waals surface area contributed by atoms with E-state index in [1.807, 2.05) is 13.8 Å². The van der Waals surface area contributed by atoms with Crippen molar-refractivity contribution in [3.8, 4) is 0 Å². The lowest BCUT2D eigenvalue weighted by Gasteiger charge is -2.34. The Bertz CT molecular complexity index is 1050. The molecular weight excluding hydrogens is 434 g/mol. The first-order valence-electron chi connectivity index (χ1n) is 11.8. The number of nitrogens with one attached hydrogen (secondary N) is 1. The zero-order chi connectivity index (χ0) is 24.2. The van der Waals surface area contributed by atoms with Gasteiger partial charge in [-0.25, -0.2) is 8.42 Å². The lowest BCUT2D eigenvalue weighted by molar-refractivity contribution is 0.0931. The van der Waals surface area contributed by atoms with Gasteiger partial charge in [0.15, 0.2) is 0 Å². The third kappa shape index (κ3) is 5.95. The van der Waals surface area contributed by atoms with Gasteiger partial charge in [0.2, 0.25) is 10.0 Å². The third-order valence-corrected chi connectivity index (χ3v) is 8.41. The van der Waals surface area contributed by atoms with Crippen LogP contribution < -0.4 is 10.2 Å². The monoisotopic (exact) mass is 471 g/mol. The molecule has 7 heteroatoms. The van der Waals surface area contributed by atoms with Crippen LogP contribution >= 0.6 is 0 Å². The molecule has 1 aliphatic rings. The van der Waals surface area contributed by atoms with Gasteiger partial charge in [-0.05, 0) is 54.2 Å². The average molecular weight is 472 g/mol. The zero-order valence-electron chi connectivity index (χ0n) is 20.5. The van der Waals surface area contributed by atoms with E-state index in [2.05, 4.69) is 55.3 Å². The van der Waals surface area contributed by atoms with Crippen molar-refractivity contribution in [1.82, 2.24) is 9.62 Å². The van der Waals surface area contributed by atoms with E-state index in [1.54, 1.807) is 18.2 Å². The first kappa shape index (κ1) is 25.2. The highest BCUT2D eigenvalue weighted by Crippen LogP contribution is 2.26. The molecule has 0 aromatic heterocycles. The Labute approximate surface area is 199 Å². The molecule has 2 aromatic carbocycles. The second-order valence-corrected chi connectivity index (χ2v) is 11.6. The molecule has 3 rings (SSSR count). The molecule has 1 heterocycles. The minimum Gasteiger partial charge on any atom is -0.371 e. The molecule has 0 aliphatic carbocycles. The number of hydrogen-bond acceptors (Lipinski definition) is 4. The molecule has 0 radical (unpaired) electrons. The maximum Gasteiger partial charge on any atom is 0.251 e. The van der Waals surface area contributed by atoms with Crippen molar-refractivity contribution in [3.05, 3.63) is 59.7 Å². The van der Waals surface area contributed by atoms with Crippen LogP contribution in [0.25, 0.3) is 0 Å². The number of carbonyl (C=O) groups excluding carboxylic acids is 1. The largest absolute Gasteiger partial charge is 0.371 e. The maximum absolute atomic E-state index is 12.9. The molecule has 180 valence electrons. The number of amides is 1. The number of anilines is 1. The van der Waals surface area contributed by atoms with Crippen molar-refractivity contribution >= 4 is 21.6 Å². The summed E-state index contributed by atoms with van der Waals surface area (Å²) in [6.45, 7) is 12.8. The van der Waals surface area contributed by atoms with E-state index in [-0.39, 0.29) is 22.3 Å². The second kappa shape index (κ2) is 10.3. The van der Waals surface area contributed by atoms with E-state index < -0.39 is 10.0 Å². The van der Waals surface area contributed by atoms with E-state index in [0.29, 0.717) is 18.7 Å². The summed E-state index contributed by atoms with van der Waals surface area (Å²) in [5, 5.41) is 3.10. The molecule has 1 saturated heterocycles. The number of rotatable bonds is 7. The molecule has 1 fully saturated rings. The summed E-state index contributed by atoms with van der Waals surface area (Å²) in [6, 6.07) is 15.2. The van der Waals surface area contributed by atoms with Gasteiger partial charge < -0.3 is 10.2 Å². The van der Waals surface area contributed by atoms with Crippen LogP contribution in [0.3, 0.4) is 0 Å². The van der Waals surface area contributed by atoms with Gasteiger partial charge >= 0.3 is 0 Å². The summed E-state index contributed by atoms with van der Waals surface area (Å²) in [5.74, 6) is -0.223. The second-order valence-electron chi connectivity index (χ2n) is 9.65. The van der Waals surface area contributed by atoms with Crippen molar-refractivity contribution in [1.29, 1.82) is 0 Å². The summed E-state index contributed by atoms with van der Waals surface area (Å²) < 4.78 is 27.0. The summed E-state index contributed by atoms with van der Waals surface area (Å²) in [7, 11) is -3.59. The average Bonchev–Trinajstić information content (AvgIpc) is 2.80. The summed E-state index contributed by atoms with van der Waals surface area (Å²) >= 11 is 0. The smallest absolute Gasteiger partial charge is 0.251 e. The Hall–Kier alpha value is -2.38. The maximum atomic E-state index is 12.9. The Morgan fingerprint density at radius 2 is 1.64 bits per heavy atom. The quantitative estimate of drug-likeness (QED) is 0.649. The predicted molar refractivity (Wildman–Crippen MR) is 134 cm³/mol. The summed E-state index contributed by atoms with van der Waals surface area (Å²) in [6.07, 6.45) is 1.70. The van der Waals surface area contributed by atoms with Gasteiger partial charge in [-0.15, -0.1) is 0 Å². The van der Waals surface area contributed by atoms with E-state index >= 15 is 0 Å². The van der Waals surface area contributed by atoms with Crippen molar-refractivity contribution in [2.75, 3.05) is 31.1 Å². The van der Waals surface area contributed by atoms with Crippen LogP contribution in [0.5, 0.6) is 0 Å². The fraction of sp³-hybridized carbons (Fsp3) is 0.500. The number of benzene rings is 2. The number of piperidine rings is 1. The number of sulfonamides is 1. The molecule has 1 amide bonds. The lowest BCUT2D eigenvalue weighted by Crippen LogP contribution is -2.44. The van der Waals surface area contributed by atoms with Gasteiger partial charge in [-0.1, -0.05) is 52.8 Å². The first-order chi connectivity index (χ1) is 15.6. The van der Waals surface area contributed by atoms with Gasteiger partial charge in [0, 0.05) is 43.5 Å². The fourth-order valence-corrected chi connectivity index (χ4v) is 5.74. The Balaban J connectivity index is 1.61. The molecule has 1 aliphatic heterocycles. The zero-order valence-corrected chi connectivity index (χ0v) is 21.3. The Morgan fingerprint density at radius 1 is 1.03 bits per heavy atom. The van der Waals surface area contributed by atoms with Crippen LogP contribution in [0, 0.1) is 0 Å². The molecule has 1 N–H and O–H groups in total. The molecule has 2 aromatic rings. The molecule has 6 nitrogen and oxygen atoms in total. The standard InChI is InChI=1S/C26H37N3O3S/c1-6-29(7-2)33(31,32)24-10-8-9-20(19-24)25(30)27-22-15-17-28(18-16-22)23-13-11-21(12-14-23)26(3,4)5/h8-14,19,22H,6-7,15-18H2,1-5H3,(H,27,30). The van der Waals surface area contributed by atoms with E-state index in [0.717, 1.165) is 25.9 Å².